The molecule has 0 unspecified atom stereocenters. The molecule has 1 aliphatic rings. The fraction of sp³-hybridized carbons (Fsp3) is 0.471. The first-order chi connectivity index (χ1) is 11.5. The van der Waals surface area contributed by atoms with Gasteiger partial charge in [-0.05, 0) is 30.0 Å². The molecular weight excluding hydrogens is 311 g/mol. The normalized spacial score (nSPS) is 17.0. The molecule has 0 saturated carbocycles. The summed E-state index contributed by atoms with van der Waals surface area (Å²) >= 11 is 0. The van der Waals surface area contributed by atoms with Crippen molar-refractivity contribution in [2.24, 2.45) is 5.92 Å². The van der Waals surface area contributed by atoms with Crippen LogP contribution in [0.1, 0.15) is 43.6 Å². The number of benzene rings is 1. The van der Waals surface area contributed by atoms with Gasteiger partial charge >= 0.3 is 6.03 Å². The van der Waals surface area contributed by atoms with E-state index in [4.69, 9.17) is 4.52 Å². The van der Waals surface area contributed by atoms with Gasteiger partial charge in [-0.3, -0.25) is 0 Å². The Morgan fingerprint density at radius 2 is 2.17 bits per heavy atom. The van der Waals surface area contributed by atoms with E-state index in [0.29, 0.717) is 24.2 Å². The molecule has 2 heterocycles. The van der Waals surface area contributed by atoms with Crippen molar-refractivity contribution in [2.45, 2.75) is 39.3 Å². The summed E-state index contributed by atoms with van der Waals surface area (Å²) in [7, 11) is 0. The van der Waals surface area contributed by atoms with Gasteiger partial charge in [0.05, 0.1) is 12.6 Å². The number of likely N-dealkylation sites (tertiary alicyclic amines) is 1. The Labute approximate surface area is 140 Å². The van der Waals surface area contributed by atoms with Gasteiger partial charge in [0.25, 0.3) is 0 Å². The molecule has 0 aliphatic carbocycles. The predicted octanol–water partition coefficient (Wildman–Crippen LogP) is 3.06. The molecule has 128 valence electrons. The Morgan fingerprint density at radius 1 is 1.42 bits per heavy atom. The first kappa shape index (κ1) is 16.4. The zero-order chi connectivity index (χ0) is 17.1. The molecule has 2 aromatic rings. The zero-order valence-corrected chi connectivity index (χ0v) is 13.8. The minimum Gasteiger partial charge on any atom is -0.339 e. The van der Waals surface area contributed by atoms with Gasteiger partial charge in [-0.25, -0.2) is 9.18 Å². The van der Waals surface area contributed by atoms with E-state index in [2.05, 4.69) is 29.3 Å². The first-order valence-electron chi connectivity index (χ1n) is 8.14. The lowest BCUT2D eigenvalue weighted by Crippen LogP contribution is -2.49. The summed E-state index contributed by atoms with van der Waals surface area (Å²) in [5, 5.41) is 6.68. The van der Waals surface area contributed by atoms with E-state index in [1.54, 1.807) is 17.0 Å². The quantitative estimate of drug-likeness (QED) is 0.913. The summed E-state index contributed by atoms with van der Waals surface area (Å²) in [4.78, 5) is 18.3. The molecule has 6 nitrogen and oxygen atoms in total. The number of hydrogen-bond acceptors (Lipinski definition) is 4. The standard InChI is InChI=1S/C17H21FN4O2/c1-11(2)9-16-20-15(21-24-16)10-19-17(23)22-8-7-14(22)12-3-5-13(18)6-4-12/h3-6,11,14H,7-10H2,1-2H3,(H,19,23)/t14-/m0/s1. The molecule has 1 aliphatic heterocycles. The van der Waals surface area contributed by atoms with Crippen LogP contribution in [0.3, 0.4) is 0 Å². The molecule has 2 amide bonds. The number of nitrogens with one attached hydrogen (secondary N) is 1. The molecule has 1 saturated heterocycles. The van der Waals surface area contributed by atoms with Gasteiger partial charge in [0.2, 0.25) is 5.89 Å². The lowest BCUT2D eigenvalue weighted by Gasteiger charge is -2.41. The molecule has 0 spiro atoms. The van der Waals surface area contributed by atoms with E-state index in [1.165, 1.54) is 12.1 Å². The minimum atomic E-state index is -0.275. The SMILES string of the molecule is CC(C)Cc1nc(CNC(=O)N2CC[C@H]2c2ccc(F)cc2)no1. The maximum atomic E-state index is 13.0. The molecule has 1 aromatic carbocycles. The third-order valence-electron chi connectivity index (χ3n) is 4.03. The highest BCUT2D eigenvalue weighted by Crippen LogP contribution is 2.33. The number of carbonyl (C=O) groups excluding carboxylic acids is 1. The fourth-order valence-corrected chi connectivity index (χ4v) is 2.71. The molecular formula is C17H21FN4O2. The number of amides is 2. The maximum Gasteiger partial charge on any atom is 0.318 e. The van der Waals surface area contributed by atoms with Gasteiger partial charge in [0.1, 0.15) is 5.82 Å². The lowest BCUT2D eigenvalue weighted by molar-refractivity contribution is 0.115. The van der Waals surface area contributed by atoms with Crippen molar-refractivity contribution in [3.05, 3.63) is 47.4 Å². The summed E-state index contributed by atoms with van der Waals surface area (Å²) in [5.41, 5.74) is 0.941. The highest BCUT2D eigenvalue weighted by molar-refractivity contribution is 5.75. The molecule has 1 N–H and O–H groups in total. The van der Waals surface area contributed by atoms with E-state index in [-0.39, 0.29) is 24.4 Å². The zero-order valence-electron chi connectivity index (χ0n) is 13.8. The Hall–Kier alpha value is -2.44. The van der Waals surface area contributed by atoms with Gasteiger partial charge in [-0.15, -0.1) is 0 Å². The van der Waals surface area contributed by atoms with Crippen LogP contribution in [0.4, 0.5) is 9.18 Å². The first-order valence-corrected chi connectivity index (χ1v) is 8.14. The van der Waals surface area contributed by atoms with Gasteiger partial charge in [0, 0.05) is 13.0 Å². The Morgan fingerprint density at radius 3 is 2.79 bits per heavy atom. The van der Waals surface area contributed by atoms with Gasteiger partial charge < -0.3 is 14.7 Å². The van der Waals surface area contributed by atoms with Crippen LogP contribution in [0.5, 0.6) is 0 Å². The van der Waals surface area contributed by atoms with Crippen LogP contribution in [0.15, 0.2) is 28.8 Å². The number of aromatic nitrogens is 2. The average molecular weight is 332 g/mol. The number of hydrogen-bond donors (Lipinski definition) is 1. The van der Waals surface area contributed by atoms with Crippen molar-refractivity contribution >= 4 is 6.03 Å². The molecule has 0 bridgehead atoms. The molecule has 24 heavy (non-hydrogen) atoms. The topological polar surface area (TPSA) is 71.3 Å². The summed E-state index contributed by atoms with van der Waals surface area (Å²) in [6.07, 6.45) is 1.60. The van der Waals surface area contributed by atoms with Crippen molar-refractivity contribution in [1.29, 1.82) is 0 Å². The summed E-state index contributed by atoms with van der Waals surface area (Å²) < 4.78 is 18.2. The largest absolute Gasteiger partial charge is 0.339 e. The van der Waals surface area contributed by atoms with Crippen LogP contribution < -0.4 is 5.32 Å². The Balaban J connectivity index is 1.53. The van der Waals surface area contributed by atoms with Gasteiger partial charge in [-0.2, -0.15) is 4.98 Å². The van der Waals surface area contributed by atoms with E-state index in [1.807, 2.05) is 0 Å². The highest BCUT2D eigenvalue weighted by atomic mass is 19.1. The van der Waals surface area contributed by atoms with Crippen molar-refractivity contribution in [3.63, 3.8) is 0 Å². The van der Waals surface area contributed by atoms with Gasteiger partial charge in [-0.1, -0.05) is 31.1 Å². The second-order valence-electron chi connectivity index (χ2n) is 6.41. The number of urea groups is 1. The number of rotatable bonds is 5. The maximum absolute atomic E-state index is 13.0. The van der Waals surface area contributed by atoms with Crippen LogP contribution >= 0.6 is 0 Å². The van der Waals surface area contributed by atoms with Crippen LogP contribution in [0, 0.1) is 11.7 Å². The van der Waals surface area contributed by atoms with E-state index < -0.39 is 0 Å². The van der Waals surface area contributed by atoms with Crippen molar-refractivity contribution in [2.75, 3.05) is 6.54 Å². The van der Waals surface area contributed by atoms with E-state index in [0.717, 1.165) is 18.4 Å². The molecule has 1 fully saturated rings. The summed E-state index contributed by atoms with van der Waals surface area (Å²) in [5.74, 6) is 1.22. The number of carbonyl (C=O) groups is 1. The predicted molar refractivity (Wildman–Crippen MR) is 85.5 cm³/mol. The van der Waals surface area contributed by atoms with Gasteiger partial charge in [0.15, 0.2) is 5.82 Å². The Kier molecular flexibility index (Phi) is 4.78. The number of halogens is 1. The van der Waals surface area contributed by atoms with Crippen molar-refractivity contribution in [1.82, 2.24) is 20.4 Å². The highest BCUT2D eigenvalue weighted by Gasteiger charge is 2.33. The van der Waals surface area contributed by atoms with Crippen LogP contribution in [-0.2, 0) is 13.0 Å². The monoisotopic (exact) mass is 332 g/mol. The second kappa shape index (κ2) is 6.98. The van der Waals surface area contributed by atoms with Crippen molar-refractivity contribution < 1.29 is 13.7 Å². The van der Waals surface area contributed by atoms with Crippen LogP contribution in [-0.4, -0.2) is 27.6 Å². The average Bonchev–Trinajstić information content (AvgIpc) is 2.93. The van der Waals surface area contributed by atoms with Crippen molar-refractivity contribution in [3.8, 4) is 0 Å². The summed E-state index contributed by atoms with van der Waals surface area (Å²) in [6.45, 7) is 5.06. The lowest BCUT2D eigenvalue weighted by atomic mass is 9.95. The minimum absolute atomic E-state index is 0.00706. The molecule has 3 rings (SSSR count). The van der Waals surface area contributed by atoms with E-state index in [9.17, 15) is 9.18 Å². The molecule has 0 radical (unpaired) electrons. The third kappa shape index (κ3) is 3.72. The second-order valence-corrected chi connectivity index (χ2v) is 6.41. The smallest absolute Gasteiger partial charge is 0.318 e. The van der Waals surface area contributed by atoms with Crippen LogP contribution in [0.25, 0.3) is 0 Å². The molecule has 1 aromatic heterocycles. The van der Waals surface area contributed by atoms with Crippen LogP contribution in [0.2, 0.25) is 0 Å². The molecule has 7 heteroatoms. The summed E-state index contributed by atoms with van der Waals surface area (Å²) in [6, 6.07) is 6.09. The van der Waals surface area contributed by atoms with E-state index >= 15 is 0 Å². The fourth-order valence-electron chi connectivity index (χ4n) is 2.71. The Bertz CT molecular complexity index is 699. The third-order valence-corrected chi connectivity index (χ3v) is 4.03. The molecule has 1 atom stereocenters. The number of nitrogens with zero attached hydrogens (tertiary/aromatic N) is 3.